The third-order valence-corrected chi connectivity index (χ3v) is 4.35. The fourth-order valence-corrected chi connectivity index (χ4v) is 3.14. The maximum Gasteiger partial charge on any atom is 0.234 e. The highest BCUT2D eigenvalue weighted by atomic mass is 32.2. The molecule has 1 N–H and O–H groups in total. The van der Waals surface area contributed by atoms with E-state index in [1.54, 1.807) is 7.11 Å². The standard InChI is InChI=1S/C18H21NO2S/c1-12-8-13(2)18(14(3)9-12)19-17(20)11-22-16-7-5-6-15(10-16)21-4/h5-10H,11H2,1-4H3,(H,19,20). The normalized spacial score (nSPS) is 10.4. The molecule has 0 heterocycles. The maximum absolute atomic E-state index is 12.2. The molecule has 0 aliphatic rings. The largest absolute Gasteiger partial charge is 0.497 e. The highest BCUT2D eigenvalue weighted by Gasteiger charge is 2.09. The van der Waals surface area contributed by atoms with Gasteiger partial charge in [0.1, 0.15) is 5.75 Å². The molecule has 0 saturated carbocycles. The van der Waals surface area contributed by atoms with Gasteiger partial charge in [-0.15, -0.1) is 11.8 Å². The number of aryl methyl sites for hydroxylation is 3. The second kappa shape index (κ2) is 7.36. The summed E-state index contributed by atoms with van der Waals surface area (Å²) < 4.78 is 5.19. The van der Waals surface area contributed by atoms with Crippen LogP contribution in [-0.2, 0) is 4.79 Å². The summed E-state index contributed by atoms with van der Waals surface area (Å²) in [5, 5.41) is 3.01. The average molecular weight is 315 g/mol. The molecular formula is C18H21NO2S. The zero-order chi connectivity index (χ0) is 16.1. The van der Waals surface area contributed by atoms with Crippen LogP contribution < -0.4 is 10.1 Å². The molecule has 0 radical (unpaired) electrons. The van der Waals surface area contributed by atoms with Gasteiger partial charge in [-0.05, 0) is 50.1 Å². The molecule has 0 aromatic heterocycles. The molecule has 0 aliphatic carbocycles. The summed E-state index contributed by atoms with van der Waals surface area (Å²) in [4.78, 5) is 13.2. The summed E-state index contributed by atoms with van der Waals surface area (Å²) in [7, 11) is 1.64. The minimum absolute atomic E-state index is 0.00266. The first kappa shape index (κ1) is 16.4. The van der Waals surface area contributed by atoms with E-state index in [1.807, 2.05) is 38.1 Å². The minimum atomic E-state index is 0.00266. The summed E-state index contributed by atoms with van der Waals surface area (Å²) >= 11 is 1.50. The smallest absolute Gasteiger partial charge is 0.234 e. The van der Waals surface area contributed by atoms with Crippen LogP contribution in [0.1, 0.15) is 16.7 Å². The SMILES string of the molecule is COc1cccc(SCC(=O)Nc2c(C)cc(C)cc2C)c1. The number of rotatable bonds is 5. The summed E-state index contributed by atoms with van der Waals surface area (Å²) in [5.74, 6) is 1.18. The Morgan fingerprint density at radius 3 is 2.45 bits per heavy atom. The van der Waals surface area contributed by atoms with Gasteiger partial charge < -0.3 is 10.1 Å². The lowest BCUT2D eigenvalue weighted by Gasteiger charge is -2.12. The zero-order valence-corrected chi connectivity index (χ0v) is 14.2. The van der Waals surface area contributed by atoms with Gasteiger partial charge in [-0.2, -0.15) is 0 Å². The van der Waals surface area contributed by atoms with Crippen LogP contribution in [0.2, 0.25) is 0 Å². The number of amides is 1. The first-order chi connectivity index (χ1) is 10.5. The number of benzene rings is 2. The van der Waals surface area contributed by atoms with E-state index >= 15 is 0 Å². The number of hydrogen-bond donors (Lipinski definition) is 1. The van der Waals surface area contributed by atoms with E-state index in [4.69, 9.17) is 4.74 Å². The summed E-state index contributed by atoms with van der Waals surface area (Å²) in [6, 6.07) is 11.9. The lowest BCUT2D eigenvalue weighted by Crippen LogP contribution is -2.15. The van der Waals surface area contributed by atoms with E-state index in [1.165, 1.54) is 17.3 Å². The van der Waals surface area contributed by atoms with Gasteiger partial charge in [0.2, 0.25) is 5.91 Å². The summed E-state index contributed by atoms with van der Waals surface area (Å²) in [5.41, 5.74) is 4.31. The van der Waals surface area contributed by atoms with Crippen LogP contribution in [0.5, 0.6) is 5.75 Å². The first-order valence-electron chi connectivity index (χ1n) is 7.14. The molecule has 0 saturated heterocycles. The van der Waals surface area contributed by atoms with Crippen molar-refractivity contribution in [2.45, 2.75) is 25.7 Å². The van der Waals surface area contributed by atoms with E-state index in [0.717, 1.165) is 27.5 Å². The number of anilines is 1. The number of hydrogen-bond acceptors (Lipinski definition) is 3. The van der Waals surface area contributed by atoms with Crippen LogP contribution in [0.3, 0.4) is 0 Å². The fourth-order valence-electron chi connectivity index (χ4n) is 2.39. The number of nitrogens with one attached hydrogen (secondary N) is 1. The molecule has 0 spiro atoms. The molecule has 2 rings (SSSR count). The van der Waals surface area contributed by atoms with Crippen molar-refractivity contribution in [2.24, 2.45) is 0 Å². The summed E-state index contributed by atoms with van der Waals surface area (Å²) in [6.07, 6.45) is 0. The van der Waals surface area contributed by atoms with E-state index < -0.39 is 0 Å². The van der Waals surface area contributed by atoms with Gasteiger partial charge in [-0.3, -0.25) is 4.79 Å². The van der Waals surface area contributed by atoms with Gasteiger partial charge >= 0.3 is 0 Å². The molecule has 116 valence electrons. The Kier molecular flexibility index (Phi) is 5.50. The van der Waals surface area contributed by atoms with Gasteiger partial charge in [0, 0.05) is 10.6 Å². The van der Waals surface area contributed by atoms with Crippen LogP contribution in [0.25, 0.3) is 0 Å². The van der Waals surface area contributed by atoms with Gasteiger partial charge in [-0.1, -0.05) is 23.8 Å². The molecule has 1 amide bonds. The maximum atomic E-state index is 12.2. The third kappa shape index (κ3) is 4.28. The summed E-state index contributed by atoms with van der Waals surface area (Å²) in [6.45, 7) is 6.10. The van der Waals surface area contributed by atoms with Crippen molar-refractivity contribution in [3.63, 3.8) is 0 Å². The molecule has 4 heteroatoms. The van der Waals surface area contributed by atoms with E-state index in [-0.39, 0.29) is 5.91 Å². The molecule has 3 nitrogen and oxygen atoms in total. The Hall–Kier alpha value is -1.94. The predicted octanol–water partition coefficient (Wildman–Crippen LogP) is 4.35. The fraction of sp³-hybridized carbons (Fsp3) is 0.278. The Morgan fingerprint density at radius 1 is 1.14 bits per heavy atom. The van der Waals surface area contributed by atoms with Crippen molar-refractivity contribution in [3.8, 4) is 5.75 Å². The second-order valence-electron chi connectivity index (χ2n) is 5.29. The van der Waals surface area contributed by atoms with Gasteiger partial charge in [0.15, 0.2) is 0 Å². The van der Waals surface area contributed by atoms with Crippen LogP contribution >= 0.6 is 11.8 Å². The average Bonchev–Trinajstić information content (AvgIpc) is 2.49. The minimum Gasteiger partial charge on any atom is -0.497 e. The Bertz CT molecular complexity index is 660. The number of methoxy groups -OCH3 is 1. The molecular weight excluding hydrogens is 294 g/mol. The lowest BCUT2D eigenvalue weighted by molar-refractivity contribution is -0.113. The Labute approximate surface area is 136 Å². The molecule has 22 heavy (non-hydrogen) atoms. The molecule has 2 aromatic rings. The van der Waals surface area contributed by atoms with Crippen LogP contribution in [0.4, 0.5) is 5.69 Å². The van der Waals surface area contributed by atoms with Gasteiger partial charge in [0.25, 0.3) is 0 Å². The number of carbonyl (C=O) groups excluding carboxylic acids is 1. The first-order valence-corrected chi connectivity index (χ1v) is 8.12. The molecule has 0 atom stereocenters. The highest BCUT2D eigenvalue weighted by Crippen LogP contribution is 2.25. The predicted molar refractivity (Wildman–Crippen MR) is 93.0 cm³/mol. The Morgan fingerprint density at radius 2 is 1.82 bits per heavy atom. The van der Waals surface area contributed by atoms with Gasteiger partial charge in [0.05, 0.1) is 12.9 Å². The van der Waals surface area contributed by atoms with Gasteiger partial charge in [-0.25, -0.2) is 0 Å². The number of carbonyl (C=O) groups is 1. The van der Waals surface area contributed by atoms with Crippen LogP contribution in [0.15, 0.2) is 41.3 Å². The molecule has 0 fully saturated rings. The third-order valence-electron chi connectivity index (χ3n) is 3.35. The zero-order valence-electron chi connectivity index (χ0n) is 13.4. The van der Waals surface area contributed by atoms with Crippen molar-refractivity contribution >= 4 is 23.4 Å². The second-order valence-corrected chi connectivity index (χ2v) is 6.34. The van der Waals surface area contributed by atoms with Crippen molar-refractivity contribution in [1.29, 1.82) is 0 Å². The van der Waals surface area contributed by atoms with Crippen LogP contribution in [0, 0.1) is 20.8 Å². The Balaban J connectivity index is 1.99. The van der Waals surface area contributed by atoms with E-state index in [0.29, 0.717) is 5.75 Å². The molecule has 2 aromatic carbocycles. The van der Waals surface area contributed by atoms with E-state index in [9.17, 15) is 4.79 Å². The van der Waals surface area contributed by atoms with Crippen molar-refractivity contribution in [1.82, 2.24) is 0 Å². The van der Waals surface area contributed by atoms with Crippen molar-refractivity contribution in [2.75, 3.05) is 18.2 Å². The highest BCUT2D eigenvalue weighted by molar-refractivity contribution is 8.00. The topological polar surface area (TPSA) is 38.3 Å². The number of ether oxygens (including phenoxy) is 1. The van der Waals surface area contributed by atoms with Crippen molar-refractivity contribution < 1.29 is 9.53 Å². The van der Waals surface area contributed by atoms with Crippen molar-refractivity contribution in [3.05, 3.63) is 53.1 Å². The van der Waals surface area contributed by atoms with Crippen LogP contribution in [-0.4, -0.2) is 18.8 Å². The van der Waals surface area contributed by atoms with E-state index in [2.05, 4.69) is 24.4 Å². The molecule has 0 aliphatic heterocycles. The lowest BCUT2D eigenvalue weighted by atomic mass is 10.1. The number of thioether (sulfide) groups is 1. The quantitative estimate of drug-likeness (QED) is 0.834. The molecule has 0 bridgehead atoms. The monoisotopic (exact) mass is 315 g/mol. The molecule has 0 unspecified atom stereocenters.